The molecule has 0 N–H and O–H groups in total. The van der Waals surface area contributed by atoms with Gasteiger partial charge in [-0.25, -0.2) is 8.42 Å². The highest BCUT2D eigenvalue weighted by Crippen LogP contribution is 2.45. The standard InChI is InChI=1S/C22H19NO3S2/c1-3-17-18-7-4-5-8-19(18)23(21(17)22(24)20-9-6-14-27-20)28(25,26)16-12-10-15(2)11-13-16/h3-14,17,21H,1H2,2H3/t17-,21-/m1/s1. The Morgan fingerprint density at radius 1 is 1.07 bits per heavy atom. The van der Waals surface area contributed by atoms with Crippen molar-refractivity contribution in [1.82, 2.24) is 0 Å². The number of rotatable bonds is 5. The third-order valence-corrected chi connectivity index (χ3v) is 7.68. The maximum atomic E-state index is 13.6. The number of carbonyl (C=O) groups excluding carboxylic acids is 1. The lowest BCUT2D eigenvalue weighted by molar-refractivity contribution is 0.0965. The first-order chi connectivity index (χ1) is 13.4. The van der Waals surface area contributed by atoms with E-state index in [0.29, 0.717) is 10.6 Å². The van der Waals surface area contributed by atoms with Crippen LogP contribution in [0.1, 0.15) is 26.7 Å². The number of para-hydroxylation sites is 1. The zero-order valence-electron chi connectivity index (χ0n) is 15.3. The molecule has 0 saturated heterocycles. The van der Waals surface area contributed by atoms with E-state index in [9.17, 15) is 13.2 Å². The van der Waals surface area contributed by atoms with Gasteiger partial charge in [-0.15, -0.1) is 17.9 Å². The molecule has 2 atom stereocenters. The van der Waals surface area contributed by atoms with Gasteiger partial charge in [-0.2, -0.15) is 0 Å². The Hall–Kier alpha value is -2.70. The summed E-state index contributed by atoms with van der Waals surface area (Å²) in [5, 5.41) is 1.82. The van der Waals surface area contributed by atoms with Gasteiger partial charge >= 0.3 is 0 Å². The molecule has 1 aliphatic rings. The Morgan fingerprint density at radius 3 is 2.43 bits per heavy atom. The molecule has 0 spiro atoms. The smallest absolute Gasteiger partial charge is 0.265 e. The summed E-state index contributed by atoms with van der Waals surface area (Å²) >= 11 is 1.31. The first kappa shape index (κ1) is 18.7. The molecule has 0 saturated carbocycles. The number of hydrogen-bond donors (Lipinski definition) is 0. The Kier molecular flexibility index (Phi) is 4.69. The molecule has 2 heterocycles. The van der Waals surface area contributed by atoms with Crippen molar-refractivity contribution in [3.63, 3.8) is 0 Å². The van der Waals surface area contributed by atoms with E-state index >= 15 is 0 Å². The number of anilines is 1. The van der Waals surface area contributed by atoms with Crippen LogP contribution in [0.25, 0.3) is 0 Å². The van der Waals surface area contributed by atoms with Crippen LogP contribution in [0.2, 0.25) is 0 Å². The Bertz CT molecular complexity index is 1130. The molecule has 6 heteroatoms. The molecule has 0 radical (unpaired) electrons. The van der Waals surface area contributed by atoms with Crippen LogP contribution in [0.3, 0.4) is 0 Å². The van der Waals surface area contributed by atoms with Gasteiger partial charge in [0.2, 0.25) is 0 Å². The quantitative estimate of drug-likeness (QED) is 0.450. The molecule has 1 aromatic heterocycles. The van der Waals surface area contributed by atoms with E-state index in [2.05, 4.69) is 6.58 Å². The van der Waals surface area contributed by atoms with Crippen molar-refractivity contribution in [2.75, 3.05) is 4.31 Å². The van der Waals surface area contributed by atoms with E-state index < -0.39 is 22.0 Å². The molecular weight excluding hydrogens is 390 g/mol. The van der Waals surface area contributed by atoms with Crippen molar-refractivity contribution in [3.8, 4) is 0 Å². The maximum absolute atomic E-state index is 13.6. The molecule has 142 valence electrons. The van der Waals surface area contributed by atoms with Crippen molar-refractivity contribution in [3.05, 3.63) is 94.7 Å². The number of nitrogens with zero attached hydrogens (tertiary/aromatic N) is 1. The molecule has 0 bridgehead atoms. The van der Waals surface area contributed by atoms with Crippen LogP contribution in [-0.4, -0.2) is 20.2 Å². The van der Waals surface area contributed by atoms with Gasteiger partial charge in [0.1, 0.15) is 6.04 Å². The van der Waals surface area contributed by atoms with Crippen LogP contribution in [0.4, 0.5) is 5.69 Å². The average Bonchev–Trinajstić information content (AvgIpc) is 3.34. The summed E-state index contributed by atoms with van der Waals surface area (Å²) in [4.78, 5) is 14.0. The number of carbonyl (C=O) groups is 1. The number of ketones is 1. The SMILES string of the molecule is C=C[C@@H]1c2ccccc2N(S(=O)(=O)c2ccc(C)cc2)[C@H]1C(=O)c1cccs1. The number of sulfonamides is 1. The summed E-state index contributed by atoms with van der Waals surface area (Å²) in [7, 11) is -3.93. The normalized spacial score (nSPS) is 18.7. The third-order valence-electron chi connectivity index (χ3n) is 4.99. The van der Waals surface area contributed by atoms with Crippen molar-refractivity contribution >= 4 is 32.8 Å². The summed E-state index contributed by atoms with van der Waals surface area (Å²) in [5.41, 5.74) is 2.29. The Labute approximate surface area is 168 Å². The number of aryl methyl sites for hydroxylation is 1. The molecule has 0 aliphatic carbocycles. The lowest BCUT2D eigenvalue weighted by Crippen LogP contribution is -2.44. The molecule has 2 aromatic carbocycles. The maximum Gasteiger partial charge on any atom is 0.265 e. The minimum atomic E-state index is -3.93. The average molecular weight is 410 g/mol. The van der Waals surface area contributed by atoms with Crippen LogP contribution in [0.15, 0.2) is 83.6 Å². The van der Waals surface area contributed by atoms with Gasteiger partial charge < -0.3 is 0 Å². The van der Waals surface area contributed by atoms with Crippen molar-refractivity contribution in [2.24, 2.45) is 0 Å². The van der Waals surface area contributed by atoms with Crippen molar-refractivity contribution in [1.29, 1.82) is 0 Å². The number of fused-ring (bicyclic) bond motifs is 1. The monoisotopic (exact) mass is 409 g/mol. The van der Waals surface area contributed by atoms with Crippen LogP contribution in [0.5, 0.6) is 0 Å². The van der Waals surface area contributed by atoms with Gasteiger partial charge in [0.05, 0.1) is 15.5 Å². The second-order valence-electron chi connectivity index (χ2n) is 6.72. The second-order valence-corrected chi connectivity index (χ2v) is 9.48. The van der Waals surface area contributed by atoms with Crippen LogP contribution in [-0.2, 0) is 10.0 Å². The lowest BCUT2D eigenvalue weighted by Gasteiger charge is -2.27. The third kappa shape index (κ3) is 2.89. The van der Waals surface area contributed by atoms with Gasteiger partial charge in [-0.3, -0.25) is 9.10 Å². The van der Waals surface area contributed by atoms with Crippen LogP contribution < -0.4 is 4.31 Å². The zero-order chi connectivity index (χ0) is 19.9. The van der Waals surface area contributed by atoms with Crippen LogP contribution in [0, 0.1) is 6.92 Å². The van der Waals surface area contributed by atoms with Gasteiger partial charge in [-0.1, -0.05) is 48.0 Å². The largest absolute Gasteiger partial charge is 0.291 e. The van der Waals surface area contributed by atoms with E-state index in [4.69, 9.17) is 0 Å². The topological polar surface area (TPSA) is 54.5 Å². The van der Waals surface area contributed by atoms with Crippen LogP contribution >= 0.6 is 11.3 Å². The summed E-state index contributed by atoms with van der Waals surface area (Å²) in [6.45, 7) is 5.79. The van der Waals surface area contributed by atoms with E-state index in [0.717, 1.165) is 11.1 Å². The predicted octanol–water partition coefficient (Wildman–Crippen LogP) is 4.79. The van der Waals surface area contributed by atoms with Gasteiger partial charge in [-0.05, 0) is 42.1 Å². The molecule has 1 aliphatic heterocycles. The number of thiophene rings is 1. The summed E-state index contributed by atoms with van der Waals surface area (Å²) in [6.07, 6.45) is 1.67. The van der Waals surface area contributed by atoms with Gasteiger partial charge in [0.25, 0.3) is 10.0 Å². The van der Waals surface area contributed by atoms with E-state index in [1.54, 1.807) is 54.6 Å². The van der Waals surface area contributed by atoms with Gasteiger partial charge in [0, 0.05) is 5.92 Å². The van der Waals surface area contributed by atoms with E-state index in [1.807, 2.05) is 24.4 Å². The fourth-order valence-corrected chi connectivity index (χ4v) is 5.98. The number of hydrogen-bond acceptors (Lipinski definition) is 4. The first-order valence-corrected chi connectivity index (χ1v) is 11.2. The molecule has 0 unspecified atom stereocenters. The van der Waals surface area contributed by atoms with E-state index in [-0.39, 0.29) is 10.7 Å². The summed E-state index contributed by atoms with van der Waals surface area (Å²) < 4.78 is 28.5. The predicted molar refractivity (Wildman–Crippen MR) is 113 cm³/mol. The Balaban J connectivity index is 1.91. The molecular formula is C22H19NO3S2. The number of Topliss-reactive ketones (excluding diaryl/α,β-unsaturated/α-hetero) is 1. The van der Waals surface area contributed by atoms with Crippen molar-refractivity contribution < 1.29 is 13.2 Å². The lowest BCUT2D eigenvalue weighted by atomic mass is 9.92. The minimum Gasteiger partial charge on any atom is -0.291 e. The Morgan fingerprint density at radius 2 is 1.79 bits per heavy atom. The van der Waals surface area contributed by atoms with Crippen molar-refractivity contribution in [2.45, 2.75) is 23.8 Å². The molecule has 4 rings (SSSR count). The number of benzene rings is 2. The van der Waals surface area contributed by atoms with E-state index in [1.165, 1.54) is 15.6 Å². The molecule has 4 nitrogen and oxygen atoms in total. The molecule has 0 amide bonds. The first-order valence-electron chi connectivity index (χ1n) is 8.85. The van der Waals surface area contributed by atoms with Gasteiger partial charge in [0.15, 0.2) is 5.78 Å². The fraction of sp³-hybridized carbons (Fsp3) is 0.136. The molecule has 0 fully saturated rings. The zero-order valence-corrected chi connectivity index (χ0v) is 16.9. The summed E-state index contributed by atoms with van der Waals surface area (Å²) in [6, 6.07) is 16.6. The fourth-order valence-electron chi connectivity index (χ4n) is 3.63. The highest BCUT2D eigenvalue weighted by atomic mass is 32.2. The highest BCUT2D eigenvalue weighted by Gasteiger charge is 2.47. The highest BCUT2D eigenvalue weighted by molar-refractivity contribution is 7.93. The minimum absolute atomic E-state index is 0.168. The molecule has 3 aromatic rings. The molecule has 28 heavy (non-hydrogen) atoms. The summed E-state index contributed by atoms with van der Waals surface area (Å²) in [5.74, 6) is -0.627. The second kappa shape index (κ2) is 7.04.